The number of rotatable bonds is 0. The molecular formula is C10H11N3. The van der Waals surface area contributed by atoms with Crippen LogP contribution in [0.2, 0.25) is 0 Å². The fourth-order valence-corrected chi connectivity index (χ4v) is 1.91. The average molecular weight is 173 g/mol. The van der Waals surface area contributed by atoms with Crippen LogP contribution in [0.1, 0.15) is 6.92 Å². The van der Waals surface area contributed by atoms with Gasteiger partial charge in [0, 0.05) is 12.6 Å². The summed E-state index contributed by atoms with van der Waals surface area (Å²) in [5, 5.41) is 3.34. The zero-order valence-electron chi connectivity index (χ0n) is 7.49. The van der Waals surface area contributed by atoms with Gasteiger partial charge in [-0.2, -0.15) is 0 Å². The summed E-state index contributed by atoms with van der Waals surface area (Å²) in [6, 6.07) is 8.75. The Hall–Kier alpha value is -1.51. The van der Waals surface area contributed by atoms with Crippen molar-refractivity contribution in [3.8, 4) is 0 Å². The molecule has 2 aromatic rings. The first-order valence-corrected chi connectivity index (χ1v) is 4.56. The third-order valence-electron chi connectivity index (χ3n) is 2.49. The SMILES string of the molecule is CC1Cn2c(nc3ccccc32)N1. The van der Waals surface area contributed by atoms with Gasteiger partial charge < -0.3 is 9.88 Å². The number of imidazole rings is 1. The fourth-order valence-electron chi connectivity index (χ4n) is 1.91. The number of para-hydroxylation sites is 2. The van der Waals surface area contributed by atoms with Crippen LogP contribution in [0.25, 0.3) is 11.0 Å². The van der Waals surface area contributed by atoms with Gasteiger partial charge >= 0.3 is 0 Å². The maximum atomic E-state index is 4.50. The minimum atomic E-state index is 0.507. The standard InChI is InChI=1S/C10H11N3/c1-7-6-13-9-5-3-2-4-8(9)12-10(13)11-7/h2-5,7H,6H2,1H3,(H,11,12). The summed E-state index contributed by atoms with van der Waals surface area (Å²) in [5.41, 5.74) is 2.31. The van der Waals surface area contributed by atoms with Crippen molar-refractivity contribution in [1.82, 2.24) is 9.55 Å². The molecule has 1 aromatic heterocycles. The number of hydrogen-bond donors (Lipinski definition) is 1. The summed E-state index contributed by atoms with van der Waals surface area (Å²) in [4.78, 5) is 4.50. The first-order valence-electron chi connectivity index (χ1n) is 4.56. The zero-order chi connectivity index (χ0) is 8.84. The summed E-state index contributed by atoms with van der Waals surface area (Å²) >= 11 is 0. The lowest BCUT2D eigenvalue weighted by molar-refractivity contribution is 0.711. The first kappa shape index (κ1) is 6.95. The number of fused-ring (bicyclic) bond motifs is 3. The van der Waals surface area contributed by atoms with Gasteiger partial charge in [-0.15, -0.1) is 0 Å². The third-order valence-corrected chi connectivity index (χ3v) is 2.49. The number of aromatic nitrogens is 2. The lowest BCUT2D eigenvalue weighted by atomic mass is 10.3. The minimum absolute atomic E-state index is 0.507. The van der Waals surface area contributed by atoms with E-state index in [0.29, 0.717) is 6.04 Å². The zero-order valence-corrected chi connectivity index (χ0v) is 7.49. The van der Waals surface area contributed by atoms with Crippen molar-refractivity contribution in [1.29, 1.82) is 0 Å². The molecule has 0 radical (unpaired) electrons. The fraction of sp³-hybridized carbons (Fsp3) is 0.300. The van der Waals surface area contributed by atoms with Crippen LogP contribution in [0.4, 0.5) is 5.95 Å². The van der Waals surface area contributed by atoms with Crippen molar-refractivity contribution in [2.24, 2.45) is 0 Å². The molecule has 1 atom stereocenters. The molecule has 3 nitrogen and oxygen atoms in total. The molecule has 0 amide bonds. The van der Waals surface area contributed by atoms with Crippen LogP contribution >= 0.6 is 0 Å². The van der Waals surface area contributed by atoms with E-state index < -0.39 is 0 Å². The van der Waals surface area contributed by atoms with E-state index in [2.05, 4.69) is 33.9 Å². The lowest BCUT2D eigenvalue weighted by Gasteiger charge is -2.00. The first-order chi connectivity index (χ1) is 6.34. The Morgan fingerprint density at radius 3 is 3.23 bits per heavy atom. The van der Waals surface area contributed by atoms with Gasteiger partial charge in [0.2, 0.25) is 5.95 Å². The molecule has 2 heterocycles. The average Bonchev–Trinajstić information content (AvgIpc) is 2.60. The number of benzene rings is 1. The van der Waals surface area contributed by atoms with E-state index in [9.17, 15) is 0 Å². The van der Waals surface area contributed by atoms with Crippen LogP contribution in [0.3, 0.4) is 0 Å². The molecule has 3 rings (SSSR count). The molecule has 0 saturated carbocycles. The van der Waals surface area contributed by atoms with E-state index in [0.717, 1.165) is 18.0 Å². The van der Waals surface area contributed by atoms with E-state index in [1.807, 2.05) is 12.1 Å². The predicted molar refractivity (Wildman–Crippen MR) is 52.8 cm³/mol. The molecular weight excluding hydrogens is 162 g/mol. The topological polar surface area (TPSA) is 29.9 Å². The highest BCUT2D eigenvalue weighted by atomic mass is 15.3. The highest BCUT2D eigenvalue weighted by molar-refractivity contribution is 5.79. The molecule has 0 aliphatic carbocycles. The number of hydrogen-bond acceptors (Lipinski definition) is 2. The molecule has 0 saturated heterocycles. The Labute approximate surface area is 76.4 Å². The normalized spacial score (nSPS) is 20.2. The quantitative estimate of drug-likeness (QED) is 0.659. The van der Waals surface area contributed by atoms with Crippen LogP contribution in [0, 0.1) is 0 Å². The van der Waals surface area contributed by atoms with Gasteiger partial charge in [-0.1, -0.05) is 12.1 Å². The number of nitrogens with zero attached hydrogens (tertiary/aromatic N) is 2. The van der Waals surface area contributed by atoms with Crippen LogP contribution in [0.5, 0.6) is 0 Å². The second-order valence-corrected chi connectivity index (χ2v) is 3.58. The molecule has 1 aliphatic heterocycles. The molecule has 0 fully saturated rings. The van der Waals surface area contributed by atoms with Crippen molar-refractivity contribution in [3.05, 3.63) is 24.3 Å². The van der Waals surface area contributed by atoms with Gasteiger partial charge in [0.1, 0.15) is 0 Å². The van der Waals surface area contributed by atoms with E-state index in [4.69, 9.17) is 0 Å². The Morgan fingerprint density at radius 1 is 1.46 bits per heavy atom. The maximum Gasteiger partial charge on any atom is 0.204 e. The molecule has 3 heteroatoms. The molecule has 66 valence electrons. The van der Waals surface area contributed by atoms with Gasteiger partial charge in [-0.25, -0.2) is 4.98 Å². The van der Waals surface area contributed by atoms with Crippen molar-refractivity contribution in [2.75, 3.05) is 5.32 Å². The molecule has 1 aliphatic rings. The summed E-state index contributed by atoms with van der Waals surface area (Å²) in [6.07, 6.45) is 0. The van der Waals surface area contributed by atoms with Crippen LogP contribution in [-0.4, -0.2) is 15.6 Å². The molecule has 1 N–H and O–H groups in total. The second kappa shape index (κ2) is 2.25. The smallest absolute Gasteiger partial charge is 0.204 e. The predicted octanol–water partition coefficient (Wildman–Crippen LogP) is 1.85. The van der Waals surface area contributed by atoms with Crippen LogP contribution in [0.15, 0.2) is 24.3 Å². The number of anilines is 1. The Balaban J connectivity index is 2.31. The molecule has 0 spiro atoms. The Kier molecular flexibility index (Phi) is 1.20. The molecule has 0 bridgehead atoms. The van der Waals surface area contributed by atoms with E-state index in [1.165, 1.54) is 5.52 Å². The second-order valence-electron chi connectivity index (χ2n) is 3.58. The van der Waals surface area contributed by atoms with Crippen molar-refractivity contribution in [3.63, 3.8) is 0 Å². The van der Waals surface area contributed by atoms with Crippen molar-refractivity contribution < 1.29 is 0 Å². The summed E-state index contributed by atoms with van der Waals surface area (Å²) in [7, 11) is 0. The largest absolute Gasteiger partial charge is 0.351 e. The third kappa shape index (κ3) is 0.869. The summed E-state index contributed by atoms with van der Waals surface area (Å²) in [5.74, 6) is 1.01. The van der Waals surface area contributed by atoms with Gasteiger partial charge in [-0.3, -0.25) is 0 Å². The highest BCUT2D eigenvalue weighted by Crippen LogP contribution is 2.24. The van der Waals surface area contributed by atoms with Crippen molar-refractivity contribution in [2.45, 2.75) is 19.5 Å². The molecule has 1 aromatic carbocycles. The Morgan fingerprint density at radius 2 is 2.31 bits per heavy atom. The van der Waals surface area contributed by atoms with Crippen LogP contribution < -0.4 is 5.32 Å². The van der Waals surface area contributed by atoms with Gasteiger partial charge in [-0.05, 0) is 19.1 Å². The lowest BCUT2D eigenvalue weighted by Crippen LogP contribution is -2.10. The monoisotopic (exact) mass is 173 g/mol. The van der Waals surface area contributed by atoms with Crippen LogP contribution in [-0.2, 0) is 6.54 Å². The Bertz CT molecular complexity index is 458. The molecule has 1 unspecified atom stereocenters. The van der Waals surface area contributed by atoms with E-state index in [1.54, 1.807) is 0 Å². The van der Waals surface area contributed by atoms with E-state index >= 15 is 0 Å². The minimum Gasteiger partial charge on any atom is -0.351 e. The van der Waals surface area contributed by atoms with E-state index in [-0.39, 0.29) is 0 Å². The molecule has 13 heavy (non-hydrogen) atoms. The maximum absolute atomic E-state index is 4.50. The van der Waals surface area contributed by atoms with Crippen molar-refractivity contribution >= 4 is 17.0 Å². The summed E-state index contributed by atoms with van der Waals surface area (Å²) in [6.45, 7) is 3.19. The highest BCUT2D eigenvalue weighted by Gasteiger charge is 2.19. The van der Waals surface area contributed by atoms with Gasteiger partial charge in [0.05, 0.1) is 11.0 Å². The van der Waals surface area contributed by atoms with Gasteiger partial charge in [0.25, 0.3) is 0 Å². The summed E-state index contributed by atoms with van der Waals surface area (Å²) < 4.78 is 2.24. The number of nitrogens with one attached hydrogen (secondary N) is 1. The van der Waals surface area contributed by atoms with Gasteiger partial charge in [0.15, 0.2) is 0 Å².